The summed E-state index contributed by atoms with van der Waals surface area (Å²) in [5, 5.41) is 18.2. The molecule has 2 heterocycles. The Morgan fingerprint density at radius 3 is 2.69 bits per heavy atom. The summed E-state index contributed by atoms with van der Waals surface area (Å²) >= 11 is 0. The zero-order chi connectivity index (χ0) is 9.47. The topological polar surface area (TPSA) is 99.1 Å². The number of hydrogen-bond donors (Lipinski definition) is 3. The number of nitrogens with one attached hydrogen (secondary N) is 1. The van der Waals surface area contributed by atoms with Gasteiger partial charge in [-0.25, -0.2) is 9.78 Å². The van der Waals surface area contributed by atoms with Gasteiger partial charge >= 0.3 is 5.69 Å². The highest BCUT2D eigenvalue weighted by molar-refractivity contribution is 5.18. The summed E-state index contributed by atoms with van der Waals surface area (Å²) in [4.78, 5) is 20.9. The third-order valence-electron chi connectivity index (χ3n) is 2.29. The maximum Gasteiger partial charge on any atom is 0.348 e. The van der Waals surface area contributed by atoms with Gasteiger partial charge in [0.25, 0.3) is 0 Å². The van der Waals surface area contributed by atoms with Crippen molar-refractivity contribution in [2.75, 3.05) is 13.2 Å². The molecule has 70 valence electrons. The van der Waals surface area contributed by atoms with E-state index in [1.807, 2.05) is 0 Å². The first-order valence-corrected chi connectivity index (χ1v) is 3.90. The van der Waals surface area contributed by atoms with E-state index in [1.54, 1.807) is 0 Å². The van der Waals surface area contributed by atoms with Crippen LogP contribution >= 0.6 is 0 Å². The lowest BCUT2D eigenvalue weighted by atomic mass is 9.87. The number of fused-ring (bicyclic) bond motifs is 2. The maximum absolute atomic E-state index is 10.9. The number of nitrogens with zero attached hydrogens (tertiary/aromatic N) is 2. The van der Waals surface area contributed by atoms with Crippen molar-refractivity contribution >= 4 is 0 Å². The molecule has 0 aliphatic carbocycles. The van der Waals surface area contributed by atoms with Gasteiger partial charge in [0.15, 0.2) is 0 Å². The first-order valence-electron chi connectivity index (χ1n) is 3.90. The Kier molecular flexibility index (Phi) is 1.67. The summed E-state index contributed by atoms with van der Waals surface area (Å²) in [5.74, 6) is 0.703. The van der Waals surface area contributed by atoms with Crippen LogP contribution in [0.5, 0.6) is 0 Å². The number of aromatic nitrogens is 3. The number of aromatic amines is 1. The van der Waals surface area contributed by atoms with Gasteiger partial charge in [0.2, 0.25) is 0 Å². The molecule has 0 saturated carbocycles. The van der Waals surface area contributed by atoms with Gasteiger partial charge in [-0.05, 0) is 0 Å². The molecule has 0 atom stereocenters. The second-order valence-electron chi connectivity index (χ2n) is 3.20. The first kappa shape index (κ1) is 8.33. The van der Waals surface area contributed by atoms with Gasteiger partial charge in [-0.2, -0.15) is 4.98 Å². The molecule has 13 heavy (non-hydrogen) atoms. The summed E-state index contributed by atoms with van der Waals surface area (Å²) in [6.45, 7) is -0.519. The van der Waals surface area contributed by atoms with E-state index in [2.05, 4.69) is 15.0 Å². The van der Waals surface area contributed by atoms with Crippen molar-refractivity contribution in [1.29, 1.82) is 0 Å². The molecule has 2 rings (SSSR count). The molecule has 0 fully saturated rings. The Balaban J connectivity index is 2.54. The molecule has 1 aliphatic heterocycles. The van der Waals surface area contributed by atoms with Crippen LogP contribution in [0.3, 0.4) is 0 Å². The molecule has 6 nitrogen and oxygen atoms in total. The minimum Gasteiger partial charge on any atom is -0.395 e. The lowest BCUT2D eigenvalue weighted by Crippen LogP contribution is -2.35. The Labute approximate surface area is 73.3 Å². The number of hydrogen-bond acceptors (Lipinski definition) is 5. The van der Waals surface area contributed by atoms with Gasteiger partial charge in [-0.3, -0.25) is 4.98 Å². The zero-order valence-corrected chi connectivity index (χ0v) is 6.82. The highest BCUT2D eigenvalue weighted by Gasteiger charge is 2.40. The van der Waals surface area contributed by atoms with Gasteiger partial charge in [0, 0.05) is 6.42 Å². The van der Waals surface area contributed by atoms with Crippen molar-refractivity contribution in [2.45, 2.75) is 11.8 Å². The molecule has 3 N–H and O–H groups in total. The van der Waals surface area contributed by atoms with Crippen molar-refractivity contribution in [1.82, 2.24) is 15.0 Å². The molecule has 0 unspecified atom stereocenters. The molecule has 0 amide bonds. The van der Waals surface area contributed by atoms with Crippen LogP contribution in [0.2, 0.25) is 0 Å². The second kappa shape index (κ2) is 2.61. The number of H-pyrrole nitrogens is 1. The molecule has 1 aromatic rings. The maximum atomic E-state index is 10.9. The van der Waals surface area contributed by atoms with Gasteiger partial charge in [0.1, 0.15) is 11.6 Å². The number of aliphatic hydroxyl groups excluding tert-OH is 2. The highest BCUT2D eigenvalue weighted by Crippen LogP contribution is 2.27. The predicted molar refractivity (Wildman–Crippen MR) is 42.2 cm³/mol. The molecule has 0 radical (unpaired) electrons. The predicted octanol–water partition coefficient (Wildman–Crippen LogP) is -2.06. The van der Waals surface area contributed by atoms with Crippen LogP contribution in [0.4, 0.5) is 0 Å². The fraction of sp³-hybridized carbons (Fsp3) is 0.571. The molecule has 6 heteroatoms. The quantitative estimate of drug-likeness (QED) is 0.489. The van der Waals surface area contributed by atoms with Crippen molar-refractivity contribution in [2.24, 2.45) is 0 Å². The Morgan fingerprint density at radius 2 is 2.08 bits per heavy atom. The van der Waals surface area contributed by atoms with E-state index >= 15 is 0 Å². The Bertz CT molecular complexity index is 383. The van der Waals surface area contributed by atoms with Crippen LogP contribution < -0.4 is 5.69 Å². The van der Waals surface area contributed by atoms with Crippen molar-refractivity contribution in [3.05, 3.63) is 22.1 Å². The van der Waals surface area contributed by atoms with E-state index in [9.17, 15) is 4.79 Å². The molecule has 1 aromatic heterocycles. The third-order valence-corrected chi connectivity index (χ3v) is 2.29. The smallest absolute Gasteiger partial charge is 0.348 e. The minimum atomic E-state index is -0.867. The monoisotopic (exact) mass is 183 g/mol. The average molecular weight is 183 g/mol. The van der Waals surface area contributed by atoms with Crippen molar-refractivity contribution in [3.63, 3.8) is 0 Å². The van der Waals surface area contributed by atoms with Crippen LogP contribution in [-0.2, 0) is 11.8 Å². The summed E-state index contributed by atoms with van der Waals surface area (Å²) in [7, 11) is 0. The average Bonchev–Trinajstić information content (AvgIpc) is 2.38. The van der Waals surface area contributed by atoms with Crippen LogP contribution in [-0.4, -0.2) is 38.4 Å². The molecular weight excluding hydrogens is 174 g/mol. The van der Waals surface area contributed by atoms with E-state index in [-0.39, 0.29) is 19.0 Å². The number of aliphatic hydroxyl groups is 2. The van der Waals surface area contributed by atoms with E-state index in [0.717, 1.165) is 0 Å². The molecule has 1 aliphatic rings. The van der Waals surface area contributed by atoms with Crippen molar-refractivity contribution in [3.8, 4) is 0 Å². The zero-order valence-electron chi connectivity index (χ0n) is 6.82. The van der Waals surface area contributed by atoms with Gasteiger partial charge in [-0.1, -0.05) is 0 Å². The normalized spacial score (nSPS) is 17.7. The summed E-state index contributed by atoms with van der Waals surface area (Å²) < 4.78 is 0. The number of rotatable bonds is 2. The fourth-order valence-electron chi connectivity index (χ4n) is 1.45. The first-order chi connectivity index (χ1) is 6.20. The molecule has 0 spiro atoms. The lowest BCUT2D eigenvalue weighted by Gasteiger charge is -2.20. The van der Waals surface area contributed by atoms with Crippen LogP contribution in [0.25, 0.3) is 0 Å². The summed E-state index contributed by atoms with van der Waals surface area (Å²) in [5.41, 5.74) is -1.35. The van der Waals surface area contributed by atoms with Crippen LogP contribution in [0.1, 0.15) is 11.6 Å². The molecule has 0 aromatic carbocycles. The standard InChI is InChI=1S/C7H9N3O3/c11-2-7(3-12)1-4-8-5(7)10-6(13)9-4/h11-12H,1-3H2,(H,8,9,10,13). The van der Waals surface area contributed by atoms with Crippen LogP contribution in [0.15, 0.2) is 4.79 Å². The van der Waals surface area contributed by atoms with Crippen LogP contribution in [0, 0.1) is 0 Å². The van der Waals surface area contributed by atoms with Gasteiger partial charge in [-0.15, -0.1) is 0 Å². The van der Waals surface area contributed by atoms with E-state index in [1.165, 1.54) is 0 Å². The Morgan fingerprint density at radius 1 is 1.38 bits per heavy atom. The fourth-order valence-corrected chi connectivity index (χ4v) is 1.45. The molecule has 0 saturated heterocycles. The molecular formula is C7H9N3O3. The van der Waals surface area contributed by atoms with E-state index < -0.39 is 11.1 Å². The molecule has 2 bridgehead atoms. The largest absolute Gasteiger partial charge is 0.395 e. The lowest BCUT2D eigenvalue weighted by molar-refractivity contribution is 0.117. The summed E-state index contributed by atoms with van der Waals surface area (Å²) in [6, 6.07) is 0. The van der Waals surface area contributed by atoms with E-state index in [4.69, 9.17) is 10.2 Å². The SMILES string of the molecule is O=c1nc2nc([nH]1)CC2(CO)CO. The van der Waals surface area contributed by atoms with Gasteiger partial charge < -0.3 is 10.2 Å². The minimum absolute atomic E-state index is 0.233. The highest BCUT2D eigenvalue weighted by atomic mass is 16.3. The Hall–Kier alpha value is -1.27. The van der Waals surface area contributed by atoms with Gasteiger partial charge in [0.05, 0.1) is 18.6 Å². The van der Waals surface area contributed by atoms with Crippen molar-refractivity contribution < 1.29 is 10.2 Å². The third kappa shape index (κ3) is 1.06. The second-order valence-corrected chi connectivity index (χ2v) is 3.20. The van der Waals surface area contributed by atoms with E-state index in [0.29, 0.717) is 12.2 Å². The summed E-state index contributed by atoms with van der Waals surface area (Å²) in [6.07, 6.45) is 0.338.